The molecule has 0 saturated heterocycles. The van der Waals surface area contributed by atoms with Crippen LogP contribution in [0.3, 0.4) is 0 Å². The maximum atomic E-state index is 12.3. The van der Waals surface area contributed by atoms with E-state index in [0.717, 1.165) is 16.5 Å². The predicted octanol–water partition coefficient (Wildman–Crippen LogP) is 3.26. The lowest BCUT2D eigenvalue weighted by atomic mass is 10.0. The average molecular weight is 261 g/mol. The van der Waals surface area contributed by atoms with E-state index < -0.39 is 12.5 Å². The number of nitrogens with zero attached hydrogens (tertiary/aromatic N) is 1. The van der Waals surface area contributed by atoms with Crippen LogP contribution in [0.4, 0.5) is 8.78 Å². The molecule has 1 aromatic carbocycles. The lowest BCUT2D eigenvalue weighted by Crippen LogP contribution is -2.13. The van der Waals surface area contributed by atoms with Crippen molar-refractivity contribution >= 4 is 23.3 Å². The van der Waals surface area contributed by atoms with E-state index in [9.17, 15) is 8.78 Å². The van der Waals surface area contributed by atoms with Gasteiger partial charge in [0.1, 0.15) is 0 Å². The van der Waals surface area contributed by atoms with Crippen LogP contribution in [0.25, 0.3) is 10.9 Å². The molecule has 0 radical (unpaired) electrons. The van der Waals surface area contributed by atoms with E-state index in [1.165, 1.54) is 0 Å². The summed E-state index contributed by atoms with van der Waals surface area (Å²) >= 11 is 0. The first-order chi connectivity index (χ1) is 7.59. The minimum Gasteiger partial charge on any atom is -0.350 e. The Kier molecular flexibility index (Phi) is 4.48. The summed E-state index contributed by atoms with van der Waals surface area (Å²) in [5.74, 6) is 0. The zero-order valence-corrected chi connectivity index (χ0v) is 10.3. The fourth-order valence-corrected chi connectivity index (χ4v) is 1.99. The van der Waals surface area contributed by atoms with Crippen molar-refractivity contribution in [3.05, 3.63) is 36.0 Å². The van der Waals surface area contributed by atoms with E-state index in [1.54, 1.807) is 0 Å². The lowest BCUT2D eigenvalue weighted by Gasteiger charge is -2.09. The Morgan fingerprint density at radius 1 is 1.29 bits per heavy atom. The molecule has 1 atom stereocenters. The van der Waals surface area contributed by atoms with Crippen molar-refractivity contribution in [3.8, 4) is 0 Å². The third kappa shape index (κ3) is 2.76. The molecule has 17 heavy (non-hydrogen) atoms. The molecule has 94 valence electrons. The Balaban J connectivity index is 0.00000144. The quantitative estimate of drug-likeness (QED) is 0.902. The van der Waals surface area contributed by atoms with Crippen molar-refractivity contribution in [2.24, 2.45) is 12.8 Å². The zero-order chi connectivity index (χ0) is 11.7. The van der Waals surface area contributed by atoms with Crippen LogP contribution in [0.2, 0.25) is 0 Å². The molecule has 0 saturated carbocycles. The normalized spacial score (nSPS) is 12.8. The molecule has 0 bridgehead atoms. The highest BCUT2D eigenvalue weighted by Crippen LogP contribution is 2.27. The standard InChI is InChI=1S/C12H14F2N2.ClH/c1-16-7-9(10(15)6-12(13)14)8-4-2-3-5-11(8)16;/h2-5,7,10,12H,6,15H2,1H3;1H/t10-;/m1./s1. The Labute approximate surface area is 105 Å². The smallest absolute Gasteiger partial charge is 0.240 e. The van der Waals surface area contributed by atoms with Gasteiger partial charge in [0, 0.05) is 36.6 Å². The number of benzene rings is 1. The van der Waals surface area contributed by atoms with Gasteiger partial charge in [0.2, 0.25) is 6.43 Å². The number of halogens is 3. The summed E-state index contributed by atoms with van der Waals surface area (Å²) < 4.78 is 26.5. The molecular formula is C12H15ClF2N2. The second kappa shape index (κ2) is 5.47. The van der Waals surface area contributed by atoms with Crippen LogP contribution in [-0.2, 0) is 7.05 Å². The van der Waals surface area contributed by atoms with Crippen LogP contribution < -0.4 is 5.73 Å². The van der Waals surface area contributed by atoms with Gasteiger partial charge < -0.3 is 10.3 Å². The molecule has 0 fully saturated rings. The van der Waals surface area contributed by atoms with Gasteiger partial charge in [-0.05, 0) is 11.6 Å². The first-order valence-electron chi connectivity index (χ1n) is 5.17. The molecular weight excluding hydrogens is 246 g/mol. The average Bonchev–Trinajstić information content (AvgIpc) is 2.56. The van der Waals surface area contributed by atoms with E-state index in [-0.39, 0.29) is 18.8 Å². The van der Waals surface area contributed by atoms with Gasteiger partial charge in [0.25, 0.3) is 0 Å². The summed E-state index contributed by atoms with van der Waals surface area (Å²) in [6.45, 7) is 0. The Bertz CT molecular complexity index is 496. The number of hydrogen-bond acceptors (Lipinski definition) is 1. The molecule has 0 aliphatic heterocycles. The van der Waals surface area contributed by atoms with Gasteiger partial charge in [0.15, 0.2) is 0 Å². The molecule has 0 spiro atoms. The Morgan fingerprint density at radius 2 is 1.94 bits per heavy atom. The highest BCUT2D eigenvalue weighted by Gasteiger charge is 2.17. The van der Waals surface area contributed by atoms with Gasteiger partial charge in [-0.2, -0.15) is 0 Å². The van der Waals surface area contributed by atoms with Crippen LogP contribution in [0.5, 0.6) is 0 Å². The maximum Gasteiger partial charge on any atom is 0.240 e. The van der Waals surface area contributed by atoms with Crippen LogP contribution >= 0.6 is 12.4 Å². The van der Waals surface area contributed by atoms with Crippen molar-refractivity contribution in [2.45, 2.75) is 18.9 Å². The van der Waals surface area contributed by atoms with Crippen LogP contribution in [0.1, 0.15) is 18.0 Å². The highest BCUT2D eigenvalue weighted by molar-refractivity contribution is 5.85. The fourth-order valence-electron chi connectivity index (χ4n) is 1.99. The van der Waals surface area contributed by atoms with E-state index in [1.807, 2.05) is 42.1 Å². The summed E-state index contributed by atoms with van der Waals surface area (Å²) in [5, 5.41) is 0.957. The molecule has 1 heterocycles. The van der Waals surface area contributed by atoms with Crippen LogP contribution in [0.15, 0.2) is 30.5 Å². The monoisotopic (exact) mass is 260 g/mol. The van der Waals surface area contributed by atoms with Crippen LogP contribution in [-0.4, -0.2) is 11.0 Å². The highest BCUT2D eigenvalue weighted by atomic mass is 35.5. The van der Waals surface area contributed by atoms with Gasteiger partial charge in [-0.1, -0.05) is 18.2 Å². The Hall–Kier alpha value is -1.13. The molecule has 2 aromatic rings. The third-order valence-electron chi connectivity index (χ3n) is 2.76. The number of aryl methyl sites for hydroxylation is 1. The molecule has 0 aliphatic rings. The molecule has 0 unspecified atom stereocenters. The minimum atomic E-state index is -2.37. The number of aromatic nitrogens is 1. The minimum absolute atomic E-state index is 0. The van der Waals surface area contributed by atoms with E-state index in [0.29, 0.717) is 0 Å². The molecule has 0 aliphatic carbocycles. The van der Waals surface area contributed by atoms with Crippen molar-refractivity contribution in [3.63, 3.8) is 0 Å². The number of para-hydroxylation sites is 1. The summed E-state index contributed by atoms with van der Waals surface area (Å²) in [4.78, 5) is 0. The van der Waals surface area contributed by atoms with E-state index in [2.05, 4.69) is 0 Å². The largest absolute Gasteiger partial charge is 0.350 e. The second-order valence-electron chi connectivity index (χ2n) is 3.95. The molecule has 2 rings (SSSR count). The van der Waals surface area contributed by atoms with Gasteiger partial charge in [-0.25, -0.2) is 8.78 Å². The van der Waals surface area contributed by atoms with Gasteiger partial charge in [0.05, 0.1) is 0 Å². The predicted molar refractivity (Wildman–Crippen MR) is 67.7 cm³/mol. The summed E-state index contributed by atoms with van der Waals surface area (Å²) in [6, 6.07) is 7.07. The van der Waals surface area contributed by atoms with Crippen molar-refractivity contribution < 1.29 is 8.78 Å². The summed E-state index contributed by atoms with van der Waals surface area (Å²) in [7, 11) is 1.89. The van der Waals surface area contributed by atoms with Gasteiger partial charge in [-0.15, -0.1) is 12.4 Å². The topological polar surface area (TPSA) is 30.9 Å². The number of nitrogens with two attached hydrogens (primary N) is 1. The number of rotatable bonds is 3. The zero-order valence-electron chi connectivity index (χ0n) is 9.44. The molecule has 1 aromatic heterocycles. The van der Waals surface area contributed by atoms with E-state index in [4.69, 9.17) is 5.73 Å². The SMILES string of the molecule is Cl.Cn1cc([C@H](N)CC(F)F)c2ccccc21. The molecule has 0 amide bonds. The third-order valence-corrected chi connectivity index (χ3v) is 2.76. The first-order valence-corrected chi connectivity index (χ1v) is 5.17. The lowest BCUT2D eigenvalue weighted by molar-refractivity contribution is 0.128. The number of fused-ring (bicyclic) bond motifs is 1. The molecule has 2 nitrogen and oxygen atoms in total. The van der Waals surface area contributed by atoms with Gasteiger partial charge >= 0.3 is 0 Å². The first kappa shape index (κ1) is 13.9. The summed E-state index contributed by atoms with van der Waals surface area (Å²) in [5.41, 5.74) is 7.59. The Morgan fingerprint density at radius 3 is 2.59 bits per heavy atom. The number of hydrogen-bond donors (Lipinski definition) is 1. The van der Waals surface area contributed by atoms with Crippen LogP contribution in [0, 0.1) is 0 Å². The van der Waals surface area contributed by atoms with Crippen molar-refractivity contribution in [2.75, 3.05) is 0 Å². The molecule has 2 N–H and O–H groups in total. The van der Waals surface area contributed by atoms with E-state index >= 15 is 0 Å². The summed E-state index contributed by atoms with van der Waals surface area (Å²) in [6.07, 6.45) is -0.833. The van der Waals surface area contributed by atoms with Gasteiger partial charge in [-0.3, -0.25) is 0 Å². The van der Waals surface area contributed by atoms with Crippen molar-refractivity contribution in [1.82, 2.24) is 4.57 Å². The molecule has 5 heteroatoms. The fraction of sp³-hybridized carbons (Fsp3) is 0.333. The van der Waals surface area contributed by atoms with Crippen molar-refractivity contribution in [1.29, 1.82) is 0 Å². The maximum absolute atomic E-state index is 12.3. The second-order valence-corrected chi connectivity index (χ2v) is 3.95. The number of alkyl halides is 2.